The Balaban J connectivity index is 1.58. The molecule has 3 rings (SSSR count). The van der Waals surface area contributed by atoms with Crippen molar-refractivity contribution in [3.05, 3.63) is 23.8 Å². The van der Waals surface area contributed by atoms with E-state index in [4.69, 9.17) is 9.47 Å². The van der Waals surface area contributed by atoms with E-state index in [1.54, 1.807) is 0 Å². The lowest BCUT2D eigenvalue weighted by Crippen LogP contribution is -2.15. The molecule has 2 saturated carbocycles. The Morgan fingerprint density at radius 1 is 1.00 bits per heavy atom. The van der Waals surface area contributed by atoms with Crippen molar-refractivity contribution in [2.75, 3.05) is 6.61 Å². The fourth-order valence-corrected chi connectivity index (χ4v) is 2.20. The first-order valence-corrected chi connectivity index (χ1v) is 7.01. The maximum atomic E-state index is 13.8. The molecule has 0 heterocycles. The van der Waals surface area contributed by atoms with Gasteiger partial charge in [0.05, 0.1) is 12.7 Å². The molecule has 0 aliphatic heterocycles. The van der Waals surface area contributed by atoms with Crippen LogP contribution in [0.1, 0.15) is 38.5 Å². The highest BCUT2D eigenvalue weighted by Gasteiger charge is 2.26. The third kappa shape index (κ3) is 2.99. The molecule has 4 heteroatoms. The molecule has 2 fully saturated rings. The van der Waals surface area contributed by atoms with Gasteiger partial charge in [0.1, 0.15) is 0 Å². The topological polar surface area (TPSA) is 18.5 Å². The van der Waals surface area contributed by atoms with E-state index in [0.717, 1.165) is 19.3 Å². The van der Waals surface area contributed by atoms with Crippen LogP contribution in [0.2, 0.25) is 0 Å². The first-order valence-electron chi connectivity index (χ1n) is 7.01. The monoisotopic (exact) mass is 268 g/mol. The summed E-state index contributed by atoms with van der Waals surface area (Å²) in [5, 5.41) is 0. The molecular formula is C15H18F2O2. The lowest BCUT2D eigenvalue weighted by molar-refractivity contribution is 0.213. The molecule has 0 atom stereocenters. The molecule has 104 valence electrons. The van der Waals surface area contributed by atoms with Crippen LogP contribution in [-0.2, 0) is 0 Å². The van der Waals surface area contributed by atoms with E-state index in [0.29, 0.717) is 12.5 Å². The molecular weight excluding hydrogens is 250 g/mol. The predicted octanol–water partition coefficient (Wildman–Crippen LogP) is 4.08. The Morgan fingerprint density at radius 2 is 1.68 bits per heavy atom. The molecule has 0 aromatic heterocycles. The molecule has 2 aliphatic carbocycles. The minimum Gasteiger partial charge on any atom is -0.490 e. The van der Waals surface area contributed by atoms with Crippen molar-refractivity contribution >= 4 is 0 Å². The number of hydrogen-bond donors (Lipinski definition) is 0. The predicted molar refractivity (Wildman–Crippen MR) is 67.5 cm³/mol. The molecule has 19 heavy (non-hydrogen) atoms. The number of hydrogen-bond acceptors (Lipinski definition) is 2. The maximum Gasteiger partial charge on any atom is 0.204 e. The molecule has 0 amide bonds. The smallest absolute Gasteiger partial charge is 0.204 e. The first kappa shape index (κ1) is 12.7. The Bertz CT molecular complexity index is 454. The third-order valence-corrected chi connectivity index (χ3v) is 3.84. The third-order valence-electron chi connectivity index (χ3n) is 3.84. The Hall–Kier alpha value is -1.32. The van der Waals surface area contributed by atoms with Gasteiger partial charge in [0.25, 0.3) is 0 Å². The molecule has 0 bridgehead atoms. The molecule has 1 aromatic carbocycles. The minimum atomic E-state index is -0.938. The summed E-state index contributed by atoms with van der Waals surface area (Å²) in [4.78, 5) is 0. The van der Waals surface area contributed by atoms with Crippen LogP contribution in [0.3, 0.4) is 0 Å². The highest BCUT2D eigenvalue weighted by Crippen LogP contribution is 2.33. The van der Waals surface area contributed by atoms with Crippen molar-refractivity contribution in [1.29, 1.82) is 0 Å². The fourth-order valence-electron chi connectivity index (χ4n) is 2.20. The second kappa shape index (κ2) is 5.35. The second-order valence-corrected chi connectivity index (χ2v) is 5.44. The first-order chi connectivity index (χ1) is 9.24. The summed E-state index contributed by atoms with van der Waals surface area (Å²) < 4.78 is 38.1. The van der Waals surface area contributed by atoms with Gasteiger partial charge < -0.3 is 9.47 Å². The Morgan fingerprint density at radius 3 is 2.32 bits per heavy atom. The minimum absolute atomic E-state index is 0.00802. The van der Waals surface area contributed by atoms with Gasteiger partial charge in [-0.3, -0.25) is 0 Å². The summed E-state index contributed by atoms with van der Waals surface area (Å²) in [5.41, 5.74) is 0. The summed E-state index contributed by atoms with van der Waals surface area (Å²) in [6.45, 7) is 0.448. The molecule has 0 spiro atoms. The molecule has 0 N–H and O–H groups in total. The van der Waals surface area contributed by atoms with E-state index >= 15 is 0 Å². The van der Waals surface area contributed by atoms with E-state index in [1.165, 1.54) is 31.4 Å². The van der Waals surface area contributed by atoms with Crippen LogP contribution in [-0.4, -0.2) is 12.7 Å². The zero-order chi connectivity index (χ0) is 13.2. The van der Waals surface area contributed by atoms with Gasteiger partial charge in [-0.2, -0.15) is 8.78 Å². The van der Waals surface area contributed by atoms with Crippen molar-refractivity contribution in [2.24, 2.45) is 5.92 Å². The van der Waals surface area contributed by atoms with Gasteiger partial charge in [-0.1, -0.05) is 19.3 Å². The largest absolute Gasteiger partial charge is 0.490 e. The number of halogens is 2. The normalized spacial score (nSPS) is 19.1. The van der Waals surface area contributed by atoms with Crippen LogP contribution in [0, 0.1) is 17.6 Å². The summed E-state index contributed by atoms with van der Waals surface area (Å²) in [6.07, 6.45) is 6.55. The van der Waals surface area contributed by atoms with Crippen molar-refractivity contribution in [3.63, 3.8) is 0 Å². The molecule has 1 aromatic rings. The Labute approximate surface area is 111 Å². The average molecular weight is 268 g/mol. The van der Waals surface area contributed by atoms with Crippen LogP contribution in [0.5, 0.6) is 11.5 Å². The van der Waals surface area contributed by atoms with Gasteiger partial charge in [0, 0.05) is 0 Å². The van der Waals surface area contributed by atoms with Gasteiger partial charge >= 0.3 is 0 Å². The van der Waals surface area contributed by atoms with Crippen LogP contribution in [0.25, 0.3) is 0 Å². The molecule has 0 radical (unpaired) electrons. The molecule has 2 aliphatic rings. The van der Waals surface area contributed by atoms with Crippen molar-refractivity contribution in [3.8, 4) is 11.5 Å². The van der Waals surface area contributed by atoms with Gasteiger partial charge in [-0.25, -0.2) is 0 Å². The zero-order valence-electron chi connectivity index (χ0n) is 10.8. The average Bonchev–Trinajstić information content (AvgIpc) is 3.15. The van der Waals surface area contributed by atoms with E-state index in [-0.39, 0.29) is 17.6 Å². The van der Waals surface area contributed by atoms with Gasteiger partial charge in [0.2, 0.25) is 11.6 Å². The highest BCUT2D eigenvalue weighted by atomic mass is 19.2. The SMILES string of the molecule is Fc1c(OCCC2CCC2)ccc(OC2CC2)c1F. The van der Waals surface area contributed by atoms with Crippen LogP contribution in [0.4, 0.5) is 8.78 Å². The van der Waals surface area contributed by atoms with E-state index in [2.05, 4.69) is 0 Å². The lowest BCUT2D eigenvalue weighted by Gasteiger charge is -2.25. The molecule has 2 nitrogen and oxygen atoms in total. The number of ether oxygens (including phenoxy) is 2. The Kier molecular flexibility index (Phi) is 3.58. The standard InChI is InChI=1S/C15H18F2O2/c16-14-12(18-9-8-10-2-1-3-10)6-7-13(15(14)17)19-11-4-5-11/h6-7,10-11H,1-5,8-9H2. The number of benzene rings is 1. The van der Waals surface area contributed by atoms with Gasteiger partial charge in [-0.05, 0) is 37.3 Å². The summed E-state index contributed by atoms with van der Waals surface area (Å²) in [6, 6.07) is 2.91. The fraction of sp³-hybridized carbons (Fsp3) is 0.600. The van der Waals surface area contributed by atoms with Crippen molar-refractivity contribution in [1.82, 2.24) is 0 Å². The van der Waals surface area contributed by atoms with Gasteiger partial charge in [0.15, 0.2) is 11.5 Å². The maximum absolute atomic E-state index is 13.8. The summed E-state index contributed by atoms with van der Waals surface area (Å²) in [5.74, 6) is -1.20. The molecule has 0 saturated heterocycles. The second-order valence-electron chi connectivity index (χ2n) is 5.44. The van der Waals surface area contributed by atoms with Crippen molar-refractivity contribution < 1.29 is 18.3 Å². The van der Waals surface area contributed by atoms with E-state index in [9.17, 15) is 8.78 Å². The highest BCUT2D eigenvalue weighted by molar-refractivity contribution is 5.35. The summed E-state index contributed by atoms with van der Waals surface area (Å²) >= 11 is 0. The quantitative estimate of drug-likeness (QED) is 0.774. The van der Waals surface area contributed by atoms with E-state index in [1.807, 2.05) is 0 Å². The lowest BCUT2D eigenvalue weighted by atomic mass is 9.83. The van der Waals surface area contributed by atoms with E-state index < -0.39 is 11.6 Å². The van der Waals surface area contributed by atoms with Crippen LogP contribution in [0.15, 0.2) is 12.1 Å². The molecule has 0 unspecified atom stereocenters. The van der Waals surface area contributed by atoms with Crippen LogP contribution < -0.4 is 9.47 Å². The van der Waals surface area contributed by atoms with Gasteiger partial charge in [-0.15, -0.1) is 0 Å². The van der Waals surface area contributed by atoms with Crippen molar-refractivity contribution in [2.45, 2.75) is 44.6 Å². The van der Waals surface area contributed by atoms with Crippen LogP contribution >= 0.6 is 0 Å². The zero-order valence-corrected chi connectivity index (χ0v) is 10.8. The summed E-state index contributed by atoms with van der Waals surface area (Å²) in [7, 11) is 0. The number of rotatable bonds is 6.